The Hall–Kier alpha value is 0.443. The molecule has 4 aliphatic carbocycles. The molecule has 0 amide bonds. The molecule has 4 fully saturated rings. The van der Waals surface area contributed by atoms with Crippen LogP contribution in [-0.2, 0) is 26.2 Å². The van der Waals surface area contributed by atoms with Crippen LogP contribution in [0.1, 0.15) is 128 Å². The largest absolute Gasteiger partial charge is 0.748 e. The van der Waals surface area contributed by atoms with Crippen molar-refractivity contribution in [2.45, 2.75) is 151 Å². The van der Waals surface area contributed by atoms with Gasteiger partial charge in [-0.15, -0.1) is 18.5 Å². The molecule has 0 aromatic heterocycles. The van der Waals surface area contributed by atoms with Gasteiger partial charge in [0.1, 0.15) is 0 Å². The summed E-state index contributed by atoms with van der Waals surface area (Å²) in [6.07, 6.45) is 30.6. The van der Waals surface area contributed by atoms with E-state index in [1.165, 1.54) is 77.0 Å². The summed E-state index contributed by atoms with van der Waals surface area (Å²) in [6.45, 7) is 0. The topological polar surface area (TPSA) is 0 Å². The molecule has 0 saturated heterocycles. The first kappa shape index (κ1) is 30.4. The zero-order chi connectivity index (χ0) is 24.4. The van der Waals surface area contributed by atoms with Crippen molar-refractivity contribution in [3.05, 3.63) is 48.5 Å². The van der Waals surface area contributed by atoms with Gasteiger partial charge >= 0.3 is 0 Å². The quantitative estimate of drug-likeness (QED) is 0.225. The zero-order valence-electron chi connectivity index (χ0n) is 23.5. The standard InChI is InChI=1S/C29H47P2.C5H5.Zr/c1-5-14-24(15-6-1)30(25-16-7-2-8-17-25)28-22-13-23-29(28)31(26-18-9-3-10-19-26)27-20-11-4-12-21-27;1-2-4-5-3-1;/h13,22-27H,1-12,14-21H2;1-5H;/q-1;-5;. The van der Waals surface area contributed by atoms with Crippen molar-refractivity contribution in [1.82, 2.24) is 0 Å². The monoisotopic (exact) mass is 612 g/mol. The van der Waals surface area contributed by atoms with Crippen molar-refractivity contribution in [2.24, 2.45) is 0 Å². The number of rotatable bonds is 6. The Labute approximate surface area is 250 Å². The Kier molecular flexibility index (Phi) is 13.7. The first-order valence-corrected chi connectivity index (χ1v) is 18.9. The van der Waals surface area contributed by atoms with Gasteiger partial charge in [0, 0.05) is 26.2 Å². The van der Waals surface area contributed by atoms with E-state index in [4.69, 9.17) is 0 Å². The molecule has 4 aliphatic rings. The second-order valence-electron chi connectivity index (χ2n) is 12.2. The van der Waals surface area contributed by atoms with Crippen LogP contribution < -0.4 is 10.6 Å². The molecule has 6 rings (SSSR count). The smallest absolute Gasteiger partial charge is 0 e. The summed E-state index contributed by atoms with van der Waals surface area (Å²) in [6, 6.07) is 17.9. The summed E-state index contributed by atoms with van der Waals surface area (Å²) in [5.74, 6) is 0. The van der Waals surface area contributed by atoms with Gasteiger partial charge in [-0.3, -0.25) is 0 Å². The van der Waals surface area contributed by atoms with Crippen LogP contribution in [0.4, 0.5) is 0 Å². The summed E-state index contributed by atoms with van der Waals surface area (Å²) >= 11 is 0. The van der Waals surface area contributed by atoms with Crippen molar-refractivity contribution >= 4 is 26.5 Å². The second kappa shape index (κ2) is 16.6. The molecule has 3 heteroatoms. The fourth-order valence-electron chi connectivity index (χ4n) is 7.98. The Morgan fingerprint density at radius 3 is 1.24 bits per heavy atom. The Morgan fingerprint density at radius 2 is 0.865 bits per heavy atom. The van der Waals surface area contributed by atoms with Gasteiger partial charge in [0.2, 0.25) is 0 Å². The number of hydrogen-bond acceptors (Lipinski definition) is 0. The van der Waals surface area contributed by atoms with Crippen LogP contribution in [0, 0.1) is 0 Å². The van der Waals surface area contributed by atoms with Gasteiger partial charge in [-0.1, -0.05) is 85.0 Å². The summed E-state index contributed by atoms with van der Waals surface area (Å²) in [7, 11) is 0.132. The first-order chi connectivity index (χ1) is 17.9. The maximum absolute atomic E-state index is 2.69. The molecule has 4 saturated carbocycles. The van der Waals surface area contributed by atoms with E-state index in [0.717, 1.165) is 22.6 Å². The second-order valence-corrected chi connectivity index (χ2v) is 17.8. The molecule has 0 aliphatic heterocycles. The fourth-order valence-corrected chi connectivity index (χ4v) is 16.3. The van der Waals surface area contributed by atoms with Crippen LogP contribution in [0.3, 0.4) is 0 Å². The summed E-state index contributed by atoms with van der Waals surface area (Å²) in [5.41, 5.74) is 4.23. The van der Waals surface area contributed by atoms with Crippen LogP contribution in [0.2, 0.25) is 0 Å². The maximum Gasteiger partial charge on any atom is 0 e. The summed E-state index contributed by atoms with van der Waals surface area (Å²) in [4.78, 5) is 0. The molecule has 37 heavy (non-hydrogen) atoms. The van der Waals surface area contributed by atoms with Crippen molar-refractivity contribution in [3.8, 4) is 0 Å². The Morgan fingerprint density at radius 1 is 0.514 bits per heavy atom. The van der Waals surface area contributed by atoms with Gasteiger partial charge in [-0.05, 0) is 74.0 Å². The van der Waals surface area contributed by atoms with Crippen LogP contribution >= 0.6 is 15.8 Å². The molecule has 0 unspecified atom stereocenters. The molecule has 0 nitrogen and oxygen atoms in total. The molecular formula is C34H52P2Zr-6. The molecule has 0 atom stereocenters. The molecule has 0 bridgehead atoms. The van der Waals surface area contributed by atoms with Crippen LogP contribution in [0.15, 0.2) is 48.5 Å². The third-order valence-electron chi connectivity index (χ3n) is 9.75. The van der Waals surface area contributed by atoms with Crippen LogP contribution in [-0.4, -0.2) is 22.6 Å². The van der Waals surface area contributed by atoms with E-state index < -0.39 is 0 Å². The molecule has 0 heterocycles. The van der Waals surface area contributed by atoms with Gasteiger partial charge in [-0.2, -0.15) is 6.07 Å². The normalized spacial score (nSPS) is 23.0. The SMILES string of the molecule is [Zr].[cH-]1[cH-][cH-][cH-][cH-]1.c1cc(P(C2CCCCC2)C2CCCCC2)[c-](P(C2CCCCC2)C2CCCCC2)c1. The minimum Gasteiger partial charge on any atom is -0.748 e. The van der Waals surface area contributed by atoms with Crippen molar-refractivity contribution in [2.75, 3.05) is 0 Å². The molecule has 208 valence electrons. The van der Waals surface area contributed by atoms with E-state index in [2.05, 4.69) is 18.2 Å². The molecule has 2 aromatic rings. The zero-order valence-corrected chi connectivity index (χ0v) is 27.7. The summed E-state index contributed by atoms with van der Waals surface area (Å²) in [5, 5.41) is 3.94. The molecule has 0 spiro atoms. The van der Waals surface area contributed by atoms with E-state index in [9.17, 15) is 0 Å². The van der Waals surface area contributed by atoms with Crippen molar-refractivity contribution in [3.63, 3.8) is 0 Å². The average Bonchev–Trinajstić information content (AvgIpc) is 3.68. The van der Waals surface area contributed by atoms with Gasteiger partial charge in [0.15, 0.2) is 0 Å². The molecule has 0 N–H and O–H groups in total. The fraction of sp³-hybridized carbons (Fsp3) is 0.706. The minimum absolute atomic E-state index is 0. The van der Waals surface area contributed by atoms with Gasteiger partial charge in [-0.25, -0.2) is 12.1 Å². The maximum atomic E-state index is 2.69. The predicted molar refractivity (Wildman–Crippen MR) is 165 cm³/mol. The third kappa shape index (κ3) is 8.47. The average molecular weight is 614 g/mol. The van der Waals surface area contributed by atoms with E-state index in [0.29, 0.717) is 0 Å². The van der Waals surface area contributed by atoms with Crippen molar-refractivity contribution in [1.29, 1.82) is 0 Å². The van der Waals surface area contributed by atoms with Gasteiger partial charge in [0.25, 0.3) is 0 Å². The third-order valence-corrected chi connectivity index (χ3v) is 17.0. The van der Waals surface area contributed by atoms with E-state index in [1.807, 2.05) is 40.9 Å². The van der Waals surface area contributed by atoms with E-state index >= 15 is 0 Å². The van der Waals surface area contributed by atoms with Crippen LogP contribution in [0.25, 0.3) is 0 Å². The predicted octanol–water partition coefficient (Wildman–Crippen LogP) is 10.4. The van der Waals surface area contributed by atoms with Gasteiger partial charge < -0.3 is 30.3 Å². The summed E-state index contributed by atoms with van der Waals surface area (Å²) < 4.78 is 0. The van der Waals surface area contributed by atoms with Crippen molar-refractivity contribution < 1.29 is 26.2 Å². The van der Waals surface area contributed by atoms with Gasteiger partial charge in [0.05, 0.1) is 0 Å². The van der Waals surface area contributed by atoms with E-state index in [1.54, 1.807) is 51.4 Å². The van der Waals surface area contributed by atoms with E-state index in [-0.39, 0.29) is 42.0 Å². The molecule has 0 radical (unpaired) electrons. The van der Waals surface area contributed by atoms with Crippen LogP contribution in [0.5, 0.6) is 0 Å². The molecule has 2 aromatic carbocycles. The minimum atomic E-state index is 0. The molecular weight excluding hydrogens is 562 g/mol. The number of hydrogen-bond donors (Lipinski definition) is 0. The first-order valence-electron chi connectivity index (χ1n) is 15.9. The Bertz CT molecular complexity index is 710. The Balaban J connectivity index is 0.000000479.